The van der Waals surface area contributed by atoms with Crippen LogP contribution in [0.15, 0.2) is 28.8 Å². The molecule has 0 aliphatic heterocycles. The quantitative estimate of drug-likeness (QED) is 0.767. The van der Waals surface area contributed by atoms with Crippen LogP contribution in [0.1, 0.15) is 38.0 Å². The first-order chi connectivity index (χ1) is 13.2. The van der Waals surface area contributed by atoms with E-state index in [1.807, 2.05) is 24.3 Å². The van der Waals surface area contributed by atoms with Gasteiger partial charge >= 0.3 is 0 Å². The van der Waals surface area contributed by atoms with Gasteiger partial charge in [-0.2, -0.15) is 4.98 Å². The van der Waals surface area contributed by atoms with Crippen LogP contribution in [0.2, 0.25) is 0 Å². The summed E-state index contributed by atoms with van der Waals surface area (Å²) in [6.45, 7) is 1.49. The average molecular weight is 372 g/mol. The molecular formula is C20H28N4O3. The maximum atomic E-state index is 12.1. The first-order valence-corrected chi connectivity index (χ1v) is 9.59. The predicted octanol–water partition coefficient (Wildman–Crippen LogP) is 2.67. The predicted molar refractivity (Wildman–Crippen MR) is 103 cm³/mol. The summed E-state index contributed by atoms with van der Waals surface area (Å²) >= 11 is 0. The van der Waals surface area contributed by atoms with E-state index in [9.17, 15) is 4.79 Å². The van der Waals surface area contributed by atoms with Crippen molar-refractivity contribution in [3.05, 3.63) is 30.2 Å². The van der Waals surface area contributed by atoms with E-state index in [4.69, 9.17) is 9.26 Å². The van der Waals surface area contributed by atoms with Crippen molar-refractivity contribution in [1.82, 2.24) is 20.4 Å². The van der Waals surface area contributed by atoms with E-state index in [-0.39, 0.29) is 12.3 Å². The lowest BCUT2D eigenvalue weighted by Crippen LogP contribution is -2.39. The van der Waals surface area contributed by atoms with E-state index >= 15 is 0 Å². The molecule has 1 amide bonds. The Morgan fingerprint density at radius 2 is 2.00 bits per heavy atom. The second-order valence-corrected chi connectivity index (χ2v) is 7.04. The van der Waals surface area contributed by atoms with Crippen LogP contribution in [-0.4, -0.2) is 54.2 Å². The van der Waals surface area contributed by atoms with Gasteiger partial charge in [-0.1, -0.05) is 24.4 Å². The number of likely N-dealkylation sites (N-methyl/N-ethyl adjacent to an activating group) is 1. The number of benzene rings is 1. The summed E-state index contributed by atoms with van der Waals surface area (Å²) in [5.74, 6) is 1.45. The van der Waals surface area contributed by atoms with Crippen LogP contribution in [0.25, 0.3) is 11.4 Å². The molecule has 1 saturated carbocycles. The van der Waals surface area contributed by atoms with E-state index in [1.165, 1.54) is 32.1 Å². The maximum absolute atomic E-state index is 12.1. The standard InChI is InChI=1S/C20H28N4O3/c1-24(16-6-4-3-5-7-16)13-12-21-18(25)14-19-22-20(23-27-19)15-8-10-17(26-2)11-9-15/h8-11,16H,3-7,12-14H2,1-2H3,(H,21,25). The van der Waals surface area contributed by atoms with Crippen LogP contribution in [-0.2, 0) is 11.2 Å². The molecule has 1 heterocycles. The summed E-state index contributed by atoms with van der Waals surface area (Å²) in [7, 11) is 3.76. The Kier molecular flexibility index (Phi) is 6.81. The van der Waals surface area contributed by atoms with Crippen LogP contribution >= 0.6 is 0 Å². The number of amides is 1. The first kappa shape index (κ1) is 19.4. The SMILES string of the molecule is COc1ccc(-c2noc(CC(=O)NCCN(C)C3CCCCC3)n2)cc1. The van der Waals surface area contributed by atoms with Crippen molar-refractivity contribution >= 4 is 5.91 Å². The van der Waals surface area contributed by atoms with E-state index in [0.29, 0.717) is 24.3 Å². The smallest absolute Gasteiger partial charge is 0.236 e. The summed E-state index contributed by atoms with van der Waals surface area (Å²) in [5, 5.41) is 6.89. The van der Waals surface area contributed by atoms with Gasteiger partial charge in [0.05, 0.1) is 7.11 Å². The summed E-state index contributed by atoms with van der Waals surface area (Å²) in [4.78, 5) is 18.8. The number of nitrogens with zero attached hydrogens (tertiary/aromatic N) is 3. The van der Waals surface area contributed by atoms with Crippen LogP contribution in [0.5, 0.6) is 5.75 Å². The van der Waals surface area contributed by atoms with E-state index in [1.54, 1.807) is 7.11 Å². The molecule has 0 radical (unpaired) electrons. The van der Waals surface area contributed by atoms with Crippen molar-refractivity contribution in [1.29, 1.82) is 0 Å². The number of rotatable bonds is 8. The number of nitrogens with one attached hydrogen (secondary N) is 1. The molecule has 7 heteroatoms. The summed E-state index contributed by atoms with van der Waals surface area (Å²) < 4.78 is 10.3. The molecule has 0 saturated heterocycles. The van der Waals surface area contributed by atoms with Crippen LogP contribution in [0, 0.1) is 0 Å². The number of hydrogen-bond donors (Lipinski definition) is 1. The number of aromatic nitrogens is 2. The highest BCUT2D eigenvalue weighted by Gasteiger charge is 2.18. The molecule has 3 rings (SSSR count). The Balaban J connectivity index is 1.43. The highest BCUT2D eigenvalue weighted by Crippen LogP contribution is 2.21. The Morgan fingerprint density at radius 1 is 1.26 bits per heavy atom. The van der Waals surface area contributed by atoms with E-state index in [2.05, 4.69) is 27.4 Å². The van der Waals surface area contributed by atoms with E-state index in [0.717, 1.165) is 17.9 Å². The van der Waals surface area contributed by atoms with Gasteiger partial charge in [-0.05, 0) is 44.2 Å². The van der Waals surface area contributed by atoms with Gasteiger partial charge in [0, 0.05) is 24.7 Å². The summed E-state index contributed by atoms with van der Waals surface area (Å²) in [6, 6.07) is 8.03. The monoisotopic (exact) mass is 372 g/mol. The number of ether oxygens (including phenoxy) is 1. The van der Waals surface area contributed by atoms with E-state index < -0.39 is 0 Å². The summed E-state index contributed by atoms with van der Waals surface area (Å²) in [5.41, 5.74) is 0.820. The van der Waals surface area contributed by atoms with Crippen LogP contribution in [0.3, 0.4) is 0 Å². The lowest BCUT2D eigenvalue weighted by molar-refractivity contribution is -0.120. The molecule has 1 fully saturated rings. The molecule has 1 aliphatic rings. The first-order valence-electron chi connectivity index (χ1n) is 9.59. The fourth-order valence-corrected chi connectivity index (χ4v) is 3.46. The molecule has 146 valence electrons. The Hall–Kier alpha value is -2.41. The fourth-order valence-electron chi connectivity index (χ4n) is 3.46. The zero-order valence-corrected chi connectivity index (χ0v) is 16.1. The molecule has 7 nitrogen and oxygen atoms in total. The van der Waals surface area contributed by atoms with Crippen molar-refractivity contribution in [2.75, 3.05) is 27.2 Å². The third-order valence-electron chi connectivity index (χ3n) is 5.11. The number of carbonyl (C=O) groups excluding carboxylic acids is 1. The normalized spacial score (nSPS) is 15.1. The van der Waals surface area contributed by atoms with Gasteiger partial charge in [0.25, 0.3) is 0 Å². The zero-order valence-electron chi connectivity index (χ0n) is 16.1. The van der Waals surface area contributed by atoms with Crippen molar-refractivity contribution in [2.45, 2.75) is 44.6 Å². The number of methoxy groups -OCH3 is 1. The third-order valence-corrected chi connectivity index (χ3v) is 5.11. The molecule has 27 heavy (non-hydrogen) atoms. The molecule has 0 bridgehead atoms. The van der Waals surface area contributed by atoms with Crippen molar-refractivity contribution in [3.63, 3.8) is 0 Å². The Morgan fingerprint density at radius 3 is 2.70 bits per heavy atom. The molecular weight excluding hydrogens is 344 g/mol. The highest BCUT2D eigenvalue weighted by molar-refractivity contribution is 5.77. The van der Waals surface area contributed by atoms with Gasteiger partial charge in [-0.3, -0.25) is 4.79 Å². The molecule has 1 aliphatic carbocycles. The van der Waals surface area contributed by atoms with Gasteiger partial charge in [-0.15, -0.1) is 0 Å². The molecule has 0 spiro atoms. The topological polar surface area (TPSA) is 80.5 Å². The minimum atomic E-state index is -0.100. The maximum Gasteiger partial charge on any atom is 0.236 e. The number of hydrogen-bond acceptors (Lipinski definition) is 6. The van der Waals surface area contributed by atoms with Gasteiger partial charge < -0.3 is 19.5 Å². The highest BCUT2D eigenvalue weighted by atomic mass is 16.5. The van der Waals surface area contributed by atoms with Gasteiger partial charge in [0.15, 0.2) is 0 Å². The van der Waals surface area contributed by atoms with Gasteiger partial charge in [-0.25, -0.2) is 0 Å². The molecule has 0 atom stereocenters. The molecule has 2 aromatic rings. The largest absolute Gasteiger partial charge is 0.497 e. The van der Waals surface area contributed by atoms with Crippen molar-refractivity contribution in [3.8, 4) is 17.1 Å². The van der Waals surface area contributed by atoms with Crippen LogP contribution < -0.4 is 10.1 Å². The van der Waals surface area contributed by atoms with Gasteiger partial charge in [0.2, 0.25) is 17.6 Å². The minimum absolute atomic E-state index is 0.0935. The average Bonchev–Trinajstić information content (AvgIpc) is 3.17. The van der Waals surface area contributed by atoms with Crippen molar-refractivity contribution in [2.24, 2.45) is 0 Å². The number of carbonyl (C=O) groups is 1. The van der Waals surface area contributed by atoms with Gasteiger partial charge in [0.1, 0.15) is 12.2 Å². The second kappa shape index (κ2) is 9.50. The molecule has 1 aromatic heterocycles. The molecule has 1 N–H and O–H groups in total. The lowest BCUT2D eigenvalue weighted by atomic mass is 9.94. The minimum Gasteiger partial charge on any atom is -0.497 e. The molecule has 0 unspecified atom stereocenters. The summed E-state index contributed by atoms with van der Waals surface area (Å²) in [6.07, 6.45) is 6.60. The molecule has 1 aromatic carbocycles. The fraction of sp³-hybridized carbons (Fsp3) is 0.550. The lowest BCUT2D eigenvalue weighted by Gasteiger charge is -2.31. The third kappa shape index (κ3) is 5.53. The second-order valence-electron chi connectivity index (χ2n) is 7.04. The Labute approximate surface area is 160 Å². The van der Waals surface area contributed by atoms with Crippen LogP contribution in [0.4, 0.5) is 0 Å². The zero-order chi connectivity index (χ0) is 19.1. The van der Waals surface area contributed by atoms with Crippen molar-refractivity contribution < 1.29 is 14.1 Å². The Bertz CT molecular complexity index is 723.